The highest BCUT2D eigenvalue weighted by Gasteiger charge is 2.36. The number of halogens is 1. The lowest BCUT2D eigenvalue weighted by atomic mass is 10.0. The Morgan fingerprint density at radius 1 is 1.32 bits per heavy atom. The van der Waals surface area contributed by atoms with E-state index in [2.05, 4.69) is 15.3 Å². The minimum atomic E-state index is -0.685. The van der Waals surface area contributed by atoms with Gasteiger partial charge in [-0.05, 0) is 18.6 Å². The quantitative estimate of drug-likeness (QED) is 0.748. The minimum Gasteiger partial charge on any atom is -0.389 e. The van der Waals surface area contributed by atoms with Crippen molar-refractivity contribution in [3.8, 4) is 11.3 Å². The van der Waals surface area contributed by atoms with Crippen LogP contribution in [0.5, 0.6) is 0 Å². The van der Waals surface area contributed by atoms with E-state index in [0.29, 0.717) is 49.5 Å². The van der Waals surface area contributed by atoms with E-state index >= 15 is 0 Å². The van der Waals surface area contributed by atoms with Gasteiger partial charge in [-0.25, -0.2) is 14.4 Å². The molecule has 9 nitrogen and oxygen atoms in total. The van der Waals surface area contributed by atoms with E-state index in [1.807, 2.05) is 11.9 Å². The van der Waals surface area contributed by atoms with Crippen molar-refractivity contribution in [1.82, 2.24) is 14.9 Å². The molecule has 0 aliphatic carbocycles. The lowest BCUT2D eigenvalue weighted by Crippen LogP contribution is -2.42. The number of rotatable bonds is 3. The summed E-state index contributed by atoms with van der Waals surface area (Å²) in [4.78, 5) is 25.0. The monoisotopic (exact) mass is 429 g/mol. The number of aromatic nitrogens is 2. The number of aliphatic hydroxyl groups is 1. The molecule has 1 aromatic heterocycles. The topological polar surface area (TPSA) is 100 Å². The van der Waals surface area contributed by atoms with Crippen molar-refractivity contribution in [2.45, 2.75) is 24.8 Å². The number of hydrogen-bond donors (Lipinski definition) is 2. The predicted molar refractivity (Wildman–Crippen MR) is 110 cm³/mol. The standard InChI is InChI=1S/C21H24FN5O4/c1-26-10-18-27(5-7-31-18)20(29)13-3-2-12(8-16(13)26)19-14(22)9-23-21(25-19)24-15-4-6-30-11-17(15)28/h2-3,8-9,15,17-18,28H,4-7,10-11H2,1H3,(H,23,24,25)/t15-,17-,18?/m1/s1. The van der Waals surface area contributed by atoms with Gasteiger partial charge in [-0.15, -0.1) is 0 Å². The highest BCUT2D eigenvalue weighted by atomic mass is 19.1. The molecule has 2 saturated heterocycles. The summed E-state index contributed by atoms with van der Waals surface area (Å²) in [6.45, 7) is 2.38. The molecule has 1 amide bonds. The van der Waals surface area contributed by atoms with Crippen LogP contribution in [0.3, 0.4) is 0 Å². The maximum absolute atomic E-state index is 14.7. The average Bonchev–Trinajstić information content (AvgIpc) is 3.20. The molecule has 2 N–H and O–H groups in total. The zero-order valence-electron chi connectivity index (χ0n) is 17.1. The van der Waals surface area contributed by atoms with Crippen LogP contribution in [-0.4, -0.2) is 84.2 Å². The van der Waals surface area contributed by atoms with Gasteiger partial charge in [-0.2, -0.15) is 0 Å². The summed E-state index contributed by atoms with van der Waals surface area (Å²) in [7, 11) is 1.89. The van der Waals surface area contributed by atoms with Gasteiger partial charge in [0, 0.05) is 25.8 Å². The van der Waals surface area contributed by atoms with E-state index in [0.717, 1.165) is 6.20 Å². The summed E-state index contributed by atoms with van der Waals surface area (Å²) < 4.78 is 25.6. The zero-order chi connectivity index (χ0) is 21.5. The van der Waals surface area contributed by atoms with Crippen LogP contribution in [0, 0.1) is 5.82 Å². The Labute approximate surface area is 178 Å². The van der Waals surface area contributed by atoms with Crippen LogP contribution in [0.25, 0.3) is 11.3 Å². The lowest BCUT2D eigenvalue weighted by Gasteiger charge is -2.28. The number of carbonyl (C=O) groups excluding carboxylic acids is 1. The van der Waals surface area contributed by atoms with Crippen LogP contribution in [-0.2, 0) is 9.47 Å². The molecule has 31 heavy (non-hydrogen) atoms. The zero-order valence-corrected chi connectivity index (χ0v) is 17.1. The molecule has 2 fully saturated rings. The van der Waals surface area contributed by atoms with Crippen molar-refractivity contribution >= 4 is 17.5 Å². The molecule has 0 spiro atoms. The maximum Gasteiger partial charge on any atom is 0.258 e. The average molecular weight is 429 g/mol. The highest BCUT2D eigenvalue weighted by Crippen LogP contribution is 2.33. The van der Waals surface area contributed by atoms with Crippen molar-refractivity contribution in [3.05, 3.63) is 35.8 Å². The van der Waals surface area contributed by atoms with Gasteiger partial charge in [0.15, 0.2) is 5.82 Å². The Balaban J connectivity index is 1.47. The van der Waals surface area contributed by atoms with Gasteiger partial charge >= 0.3 is 0 Å². The molecule has 3 atom stereocenters. The smallest absolute Gasteiger partial charge is 0.258 e. The van der Waals surface area contributed by atoms with Gasteiger partial charge in [-0.1, -0.05) is 6.07 Å². The first-order chi connectivity index (χ1) is 15.0. The van der Waals surface area contributed by atoms with Gasteiger partial charge in [0.2, 0.25) is 5.95 Å². The van der Waals surface area contributed by atoms with Gasteiger partial charge in [0.1, 0.15) is 11.9 Å². The number of carbonyl (C=O) groups is 1. The second-order valence-corrected chi connectivity index (χ2v) is 8.01. The summed E-state index contributed by atoms with van der Waals surface area (Å²) in [5.74, 6) is -0.423. The first-order valence-corrected chi connectivity index (χ1v) is 10.3. The molecule has 3 aliphatic heterocycles. The molecule has 10 heteroatoms. The van der Waals surface area contributed by atoms with Gasteiger partial charge < -0.3 is 29.7 Å². The summed E-state index contributed by atoms with van der Waals surface area (Å²) >= 11 is 0. The van der Waals surface area contributed by atoms with Crippen LogP contribution < -0.4 is 10.2 Å². The largest absolute Gasteiger partial charge is 0.389 e. The maximum atomic E-state index is 14.7. The Kier molecular flexibility index (Phi) is 5.20. The number of fused-ring (bicyclic) bond motifs is 2. The first kappa shape index (κ1) is 20.1. The van der Waals surface area contributed by atoms with Gasteiger partial charge in [-0.3, -0.25) is 4.79 Å². The number of nitrogens with one attached hydrogen (secondary N) is 1. The molecule has 164 valence electrons. The van der Waals surface area contributed by atoms with Gasteiger partial charge in [0.05, 0.1) is 49.4 Å². The Bertz CT molecular complexity index is 1010. The summed E-state index contributed by atoms with van der Waals surface area (Å²) in [6.07, 6.45) is 0.740. The second kappa shape index (κ2) is 8.03. The molecule has 0 bridgehead atoms. The molecule has 0 radical (unpaired) electrons. The number of hydrogen-bond acceptors (Lipinski definition) is 8. The van der Waals surface area contributed by atoms with E-state index in [1.54, 1.807) is 23.1 Å². The first-order valence-electron chi connectivity index (χ1n) is 10.3. The number of ether oxygens (including phenoxy) is 2. The number of nitrogens with zero attached hydrogens (tertiary/aromatic N) is 4. The Morgan fingerprint density at radius 3 is 3.03 bits per heavy atom. The number of aliphatic hydroxyl groups excluding tert-OH is 1. The van der Waals surface area contributed by atoms with Crippen LogP contribution in [0.15, 0.2) is 24.4 Å². The molecule has 3 aliphatic rings. The molecule has 1 aromatic carbocycles. The van der Waals surface area contributed by atoms with E-state index in [-0.39, 0.29) is 36.4 Å². The second-order valence-electron chi connectivity index (χ2n) is 8.01. The molecule has 0 saturated carbocycles. The lowest BCUT2D eigenvalue weighted by molar-refractivity contribution is -0.0136. The minimum absolute atomic E-state index is 0.0904. The fraction of sp³-hybridized carbons (Fsp3) is 0.476. The summed E-state index contributed by atoms with van der Waals surface area (Å²) in [6, 6.07) is 4.91. The summed E-state index contributed by atoms with van der Waals surface area (Å²) in [5, 5.41) is 13.2. The van der Waals surface area contributed by atoms with Gasteiger partial charge in [0.25, 0.3) is 5.91 Å². The molecular weight excluding hydrogens is 405 g/mol. The van der Waals surface area contributed by atoms with Crippen molar-refractivity contribution < 1.29 is 23.8 Å². The van der Waals surface area contributed by atoms with E-state index < -0.39 is 11.9 Å². The SMILES string of the molecule is CN1CC2OCCN2C(=O)c2ccc(-c3nc(N[C@@H]4CCOC[C@H]4O)ncc3F)cc21. The third-order valence-electron chi connectivity index (χ3n) is 5.98. The van der Waals surface area contributed by atoms with Crippen LogP contribution in [0.4, 0.5) is 16.0 Å². The van der Waals surface area contributed by atoms with E-state index in [1.165, 1.54) is 0 Å². The normalized spacial score (nSPS) is 25.8. The van der Waals surface area contributed by atoms with E-state index in [9.17, 15) is 14.3 Å². The fourth-order valence-electron chi connectivity index (χ4n) is 4.26. The Morgan fingerprint density at radius 2 is 2.19 bits per heavy atom. The number of anilines is 2. The van der Waals surface area contributed by atoms with Crippen LogP contribution in [0.1, 0.15) is 16.8 Å². The molecular formula is C21H24FN5O4. The van der Waals surface area contributed by atoms with Crippen molar-refractivity contribution in [2.24, 2.45) is 0 Å². The molecule has 4 heterocycles. The van der Waals surface area contributed by atoms with Crippen molar-refractivity contribution in [2.75, 3.05) is 50.2 Å². The van der Waals surface area contributed by atoms with Crippen LogP contribution >= 0.6 is 0 Å². The molecule has 5 rings (SSSR count). The third-order valence-corrected chi connectivity index (χ3v) is 5.98. The van der Waals surface area contributed by atoms with Crippen molar-refractivity contribution in [1.29, 1.82) is 0 Å². The van der Waals surface area contributed by atoms with Crippen molar-refractivity contribution in [3.63, 3.8) is 0 Å². The molecule has 2 aromatic rings. The third kappa shape index (κ3) is 3.71. The fourth-order valence-corrected chi connectivity index (χ4v) is 4.26. The number of benzene rings is 1. The predicted octanol–water partition coefficient (Wildman–Crippen LogP) is 1.09. The van der Waals surface area contributed by atoms with Crippen LogP contribution in [0.2, 0.25) is 0 Å². The number of likely N-dealkylation sites (N-methyl/N-ethyl adjacent to an activating group) is 1. The molecule has 1 unspecified atom stereocenters. The van der Waals surface area contributed by atoms with E-state index in [4.69, 9.17) is 9.47 Å². The summed E-state index contributed by atoms with van der Waals surface area (Å²) in [5.41, 5.74) is 1.92. The number of amides is 1. The highest BCUT2D eigenvalue weighted by molar-refractivity contribution is 6.01. The Hall–Kier alpha value is -2.82.